The highest BCUT2D eigenvalue weighted by molar-refractivity contribution is 6.43. The summed E-state index contributed by atoms with van der Waals surface area (Å²) in [6.45, 7) is 1.99. The number of rotatable bonds is 3. The number of fused-ring (bicyclic) bond motifs is 3. The molecule has 2 aliphatic heterocycles. The number of para-hydroxylation sites is 2. The minimum Gasteiger partial charge on any atom is -0.321 e. The first-order chi connectivity index (χ1) is 13.7. The quantitative estimate of drug-likeness (QED) is 0.710. The average Bonchev–Trinajstić information content (AvgIpc) is 3.14. The number of amides is 1. The van der Waals surface area contributed by atoms with Crippen LogP contribution in [0.25, 0.3) is 0 Å². The van der Waals surface area contributed by atoms with E-state index in [0.717, 1.165) is 22.5 Å². The molecule has 138 valence electrons. The van der Waals surface area contributed by atoms with Crippen LogP contribution in [0, 0.1) is 0 Å². The number of ketones is 1. The minimum atomic E-state index is -0.998. The van der Waals surface area contributed by atoms with Crippen molar-refractivity contribution in [1.29, 1.82) is 0 Å². The molecule has 1 amide bonds. The van der Waals surface area contributed by atoms with Crippen molar-refractivity contribution in [3.8, 4) is 0 Å². The Hall–Kier alpha value is -3.40. The van der Waals surface area contributed by atoms with Crippen LogP contribution in [0.15, 0.2) is 84.9 Å². The van der Waals surface area contributed by atoms with Gasteiger partial charge in [-0.25, -0.2) is 0 Å². The Balaban J connectivity index is 1.94. The van der Waals surface area contributed by atoms with Gasteiger partial charge < -0.3 is 10.2 Å². The molecule has 0 aliphatic carbocycles. The number of Topliss-reactive ketones (excluding diaryl/α,β-unsaturated/α-hetero) is 1. The van der Waals surface area contributed by atoms with Gasteiger partial charge in [-0.3, -0.25) is 9.59 Å². The summed E-state index contributed by atoms with van der Waals surface area (Å²) in [4.78, 5) is 28.4. The van der Waals surface area contributed by atoms with Gasteiger partial charge in [0.25, 0.3) is 5.91 Å². The molecule has 2 atom stereocenters. The fourth-order valence-corrected chi connectivity index (χ4v) is 5.10. The highest BCUT2D eigenvalue weighted by atomic mass is 16.2. The van der Waals surface area contributed by atoms with E-state index < -0.39 is 17.0 Å². The number of nitrogens with zero attached hydrogens (tertiary/aromatic N) is 1. The lowest BCUT2D eigenvalue weighted by molar-refractivity contribution is -0.137. The topological polar surface area (TPSA) is 49.4 Å². The van der Waals surface area contributed by atoms with Crippen molar-refractivity contribution in [3.05, 3.63) is 96.1 Å². The van der Waals surface area contributed by atoms with Crippen molar-refractivity contribution in [2.24, 2.45) is 0 Å². The van der Waals surface area contributed by atoms with E-state index in [2.05, 4.69) is 10.2 Å². The van der Waals surface area contributed by atoms with Crippen molar-refractivity contribution < 1.29 is 9.59 Å². The van der Waals surface area contributed by atoms with E-state index in [1.165, 1.54) is 0 Å². The summed E-state index contributed by atoms with van der Waals surface area (Å²) in [5, 5.41) is 3.12. The van der Waals surface area contributed by atoms with Crippen molar-refractivity contribution in [2.45, 2.75) is 24.4 Å². The van der Waals surface area contributed by atoms with E-state index >= 15 is 0 Å². The molecule has 0 saturated carbocycles. The van der Waals surface area contributed by atoms with Gasteiger partial charge in [0.05, 0.1) is 0 Å². The lowest BCUT2D eigenvalue weighted by atomic mass is 9.67. The molecule has 0 bridgehead atoms. The second kappa shape index (κ2) is 5.80. The zero-order valence-corrected chi connectivity index (χ0v) is 15.6. The first-order valence-corrected chi connectivity index (χ1v) is 9.54. The maximum Gasteiger partial charge on any atom is 0.290 e. The number of benzene rings is 3. The molecule has 2 aliphatic rings. The minimum absolute atomic E-state index is 0.371. The largest absolute Gasteiger partial charge is 0.321 e. The first-order valence-electron chi connectivity index (χ1n) is 9.54. The van der Waals surface area contributed by atoms with E-state index in [-0.39, 0.29) is 5.78 Å². The highest BCUT2D eigenvalue weighted by Crippen LogP contribution is 2.62. The third kappa shape index (κ3) is 1.80. The molecule has 0 aromatic heterocycles. The fourth-order valence-electron chi connectivity index (χ4n) is 5.10. The number of hydrogen-bond donors (Lipinski definition) is 1. The normalized spacial score (nSPS) is 25.4. The van der Waals surface area contributed by atoms with Crippen LogP contribution >= 0.6 is 0 Å². The first kappa shape index (κ1) is 16.8. The van der Waals surface area contributed by atoms with Gasteiger partial charge in [-0.1, -0.05) is 73.7 Å². The third-order valence-electron chi connectivity index (χ3n) is 6.18. The van der Waals surface area contributed by atoms with Crippen LogP contribution in [0.5, 0.6) is 0 Å². The van der Waals surface area contributed by atoms with Crippen molar-refractivity contribution in [2.75, 3.05) is 4.90 Å². The maximum absolute atomic E-state index is 13.4. The second-order valence-corrected chi connectivity index (χ2v) is 7.31. The molecular formula is C24H20N2O2. The van der Waals surface area contributed by atoms with Gasteiger partial charge >= 0.3 is 0 Å². The monoisotopic (exact) mass is 368 g/mol. The SMILES string of the molecule is CC[C@]12C(=O)C(=O)N[C@]1(c1ccccc1)N(c1ccccc1)c1ccccc12. The molecule has 28 heavy (non-hydrogen) atoms. The van der Waals surface area contributed by atoms with Crippen LogP contribution < -0.4 is 10.2 Å². The van der Waals surface area contributed by atoms with Gasteiger partial charge in [0.2, 0.25) is 5.78 Å². The van der Waals surface area contributed by atoms with E-state index in [0.29, 0.717) is 6.42 Å². The van der Waals surface area contributed by atoms with Crippen LogP contribution in [0.2, 0.25) is 0 Å². The molecule has 0 unspecified atom stereocenters. The summed E-state index contributed by atoms with van der Waals surface area (Å²) in [6.07, 6.45) is 0.514. The van der Waals surface area contributed by atoms with E-state index in [1.54, 1.807) is 0 Å². The lowest BCUT2D eigenvalue weighted by Gasteiger charge is -2.44. The zero-order valence-electron chi connectivity index (χ0n) is 15.6. The molecular weight excluding hydrogens is 348 g/mol. The third-order valence-corrected chi connectivity index (χ3v) is 6.18. The molecule has 0 spiro atoms. The second-order valence-electron chi connectivity index (χ2n) is 7.31. The van der Waals surface area contributed by atoms with E-state index in [4.69, 9.17) is 0 Å². The number of nitrogens with one attached hydrogen (secondary N) is 1. The van der Waals surface area contributed by atoms with Crippen LogP contribution in [-0.2, 0) is 20.7 Å². The molecule has 1 saturated heterocycles. The van der Waals surface area contributed by atoms with Crippen LogP contribution in [0.3, 0.4) is 0 Å². The molecule has 3 aromatic carbocycles. The number of carbonyl (C=O) groups is 2. The molecule has 4 nitrogen and oxygen atoms in total. The Morgan fingerprint density at radius 2 is 1.43 bits per heavy atom. The van der Waals surface area contributed by atoms with Gasteiger partial charge in [-0.05, 0) is 35.7 Å². The Kier molecular flexibility index (Phi) is 3.47. The van der Waals surface area contributed by atoms with Gasteiger partial charge in [0.15, 0.2) is 5.66 Å². The number of anilines is 2. The highest BCUT2D eigenvalue weighted by Gasteiger charge is 2.72. The van der Waals surface area contributed by atoms with Gasteiger partial charge in [0, 0.05) is 11.4 Å². The van der Waals surface area contributed by atoms with Crippen LogP contribution in [0.1, 0.15) is 24.5 Å². The van der Waals surface area contributed by atoms with Crippen LogP contribution in [0.4, 0.5) is 11.4 Å². The predicted octanol–water partition coefficient (Wildman–Crippen LogP) is 4.04. The number of carbonyl (C=O) groups excluding carboxylic acids is 2. The maximum atomic E-state index is 13.4. The summed E-state index contributed by atoms with van der Waals surface area (Å²) in [5.41, 5.74) is 1.70. The van der Waals surface area contributed by atoms with Crippen molar-refractivity contribution in [3.63, 3.8) is 0 Å². The van der Waals surface area contributed by atoms with Gasteiger partial charge in [0.1, 0.15) is 5.41 Å². The van der Waals surface area contributed by atoms with E-state index in [9.17, 15) is 9.59 Å². The summed E-state index contributed by atoms with van der Waals surface area (Å²) in [7, 11) is 0. The summed E-state index contributed by atoms with van der Waals surface area (Å²) >= 11 is 0. The van der Waals surface area contributed by atoms with Crippen LogP contribution in [-0.4, -0.2) is 11.7 Å². The van der Waals surface area contributed by atoms with E-state index in [1.807, 2.05) is 91.9 Å². The average molecular weight is 368 g/mol. The Labute approximate surface area is 163 Å². The predicted molar refractivity (Wildman–Crippen MR) is 108 cm³/mol. The molecule has 4 heteroatoms. The molecule has 1 N–H and O–H groups in total. The molecule has 2 heterocycles. The lowest BCUT2D eigenvalue weighted by Crippen LogP contribution is -2.58. The Morgan fingerprint density at radius 3 is 2.11 bits per heavy atom. The summed E-state index contributed by atoms with van der Waals surface area (Å²) < 4.78 is 0. The Morgan fingerprint density at radius 1 is 0.821 bits per heavy atom. The fraction of sp³-hybridized carbons (Fsp3) is 0.167. The number of hydrogen-bond acceptors (Lipinski definition) is 3. The Bertz CT molecular complexity index is 1080. The molecule has 1 fully saturated rings. The molecule has 5 rings (SSSR count). The van der Waals surface area contributed by atoms with Crippen molar-refractivity contribution >= 4 is 23.1 Å². The molecule has 0 radical (unpaired) electrons. The summed E-state index contributed by atoms with van der Waals surface area (Å²) in [5.74, 6) is -0.897. The van der Waals surface area contributed by atoms with Gasteiger partial charge in [-0.15, -0.1) is 0 Å². The molecule has 3 aromatic rings. The smallest absolute Gasteiger partial charge is 0.290 e. The van der Waals surface area contributed by atoms with Crippen molar-refractivity contribution in [1.82, 2.24) is 5.32 Å². The van der Waals surface area contributed by atoms with Gasteiger partial charge in [-0.2, -0.15) is 0 Å². The zero-order chi connectivity index (χ0) is 19.4. The standard InChI is InChI=1S/C24H20N2O2/c1-2-23-19-15-9-10-16-20(19)26(18-13-7-4-8-14-18)24(23,25-22(28)21(23)27)17-11-5-3-6-12-17/h3-16H,2H2,1H3,(H,25,28)/t23-,24+/m0/s1. The summed E-state index contributed by atoms with van der Waals surface area (Å²) in [6, 6.07) is 27.7.